The van der Waals surface area contributed by atoms with E-state index in [9.17, 15) is 9.59 Å². The number of hydrogen-bond acceptors (Lipinski definition) is 3. The lowest BCUT2D eigenvalue weighted by Gasteiger charge is -2.05. The lowest BCUT2D eigenvalue weighted by atomic mass is 10.0. The molecule has 0 aliphatic rings. The highest BCUT2D eigenvalue weighted by molar-refractivity contribution is 5.78. The summed E-state index contributed by atoms with van der Waals surface area (Å²) < 4.78 is 4.66. The van der Waals surface area contributed by atoms with Crippen LogP contribution >= 0.6 is 0 Å². The predicted molar refractivity (Wildman–Crippen MR) is 100 cm³/mol. The molecule has 0 aromatic carbocycles. The van der Waals surface area contributed by atoms with Gasteiger partial charge in [-0.25, -0.2) is 0 Å². The summed E-state index contributed by atoms with van der Waals surface area (Å²) in [4.78, 5) is 21.8. The summed E-state index contributed by atoms with van der Waals surface area (Å²) in [5.41, 5.74) is 0. The summed E-state index contributed by atoms with van der Waals surface area (Å²) in [6, 6.07) is 0. The molecular formula is C20H41O3. The maximum Gasteiger partial charge on any atom is 0.308 e. The second-order valence-electron chi connectivity index (χ2n) is 6.89. The molecule has 0 amide bonds. The smallest absolute Gasteiger partial charge is 0.308 e. The van der Waals surface area contributed by atoms with Crippen molar-refractivity contribution in [3.8, 4) is 0 Å². The summed E-state index contributed by atoms with van der Waals surface area (Å²) in [6.45, 7) is 18.6. The maximum absolute atomic E-state index is 11.3. The predicted octanol–water partition coefficient (Wildman–Crippen LogP) is 5.86. The van der Waals surface area contributed by atoms with Crippen molar-refractivity contribution in [1.82, 2.24) is 0 Å². The molecule has 0 aliphatic heterocycles. The fraction of sp³-hybridized carbons (Fsp3) is 0.850. The summed E-state index contributed by atoms with van der Waals surface area (Å²) >= 11 is 0. The van der Waals surface area contributed by atoms with Gasteiger partial charge in [0.25, 0.3) is 0 Å². The topological polar surface area (TPSA) is 43.4 Å². The molecule has 0 fully saturated rings. The fourth-order valence-corrected chi connectivity index (χ4v) is 1.33. The fourth-order valence-electron chi connectivity index (χ4n) is 1.33. The van der Waals surface area contributed by atoms with Crippen molar-refractivity contribution in [1.29, 1.82) is 0 Å². The van der Waals surface area contributed by atoms with E-state index in [0.29, 0.717) is 24.2 Å². The Kier molecular flexibility index (Phi) is 22.5. The number of carbonyl (C=O) groups is 2. The number of ether oxygens (including phenoxy) is 1. The van der Waals surface area contributed by atoms with Gasteiger partial charge in [-0.05, 0) is 38.0 Å². The number of hydrogen-bond donors (Lipinski definition) is 0. The molecule has 0 heterocycles. The number of ketones is 1. The molecule has 139 valence electrons. The van der Waals surface area contributed by atoms with Crippen molar-refractivity contribution >= 4 is 11.8 Å². The zero-order chi connectivity index (χ0) is 18.8. The van der Waals surface area contributed by atoms with Crippen molar-refractivity contribution in [2.75, 3.05) is 6.61 Å². The summed E-state index contributed by atoms with van der Waals surface area (Å²) in [5.74, 6) is 1.65. The van der Waals surface area contributed by atoms with Crippen LogP contribution in [0.3, 0.4) is 0 Å². The molecule has 0 saturated carbocycles. The molecule has 1 radical (unpaired) electrons. The van der Waals surface area contributed by atoms with E-state index in [0.717, 1.165) is 25.7 Å². The van der Waals surface area contributed by atoms with E-state index in [1.54, 1.807) is 6.92 Å². The maximum atomic E-state index is 11.3. The number of carbonyl (C=O) groups excluding carboxylic acids is 2. The van der Waals surface area contributed by atoms with E-state index < -0.39 is 0 Å². The lowest BCUT2D eigenvalue weighted by molar-refractivity contribution is -0.146. The van der Waals surface area contributed by atoms with Crippen molar-refractivity contribution < 1.29 is 14.3 Å². The van der Waals surface area contributed by atoms with Crippen molar-refractivity contribution in [3.63, 3.8) is 0 Å². The van der Waals surface area contributed by atoms with Crippen LogP contribution in [0.5, 0.6) is 0 Å². The van der Waals surface area contributed by atoms with Crippen LogP contribution < -0.4 is 0 Å². The Bertz CT molecular complexity index is 254. The largest absolute Gasteiger partial charge is 0.466 e. The van der Waals surface area contributed by atoms with Gasteiger partial charge >= 0.3 is 5.97 Å². The summed E-state index contributed by atoms with van der Waals surface area (Å²) in [7, 11) is 0. The van der Waals surface area contributed by atoms with Gasteiger partial charge in [-0.2, -0.15) is 0 Å². The molecular weight excluding hydrogens is 288 g/mol. The first kappa shape index (κ1) is 27.0. The highest BCUT2D eigenvalue weighted by atomic mass is 16.5. The normalized spacial score (nSPS) is 9.91. The molecule has 0 aliphatic carbocycles. The van der Waals surface area contributed by atoms with Crippen LogP contribution in [0.15, 0.2) is 0 Å². The zero-order valence-corrected chi connectivity index (χ0v) is 17.1. The monoisotopic (exact) mass is 329 g/mol. The average Bonchev–Trinajstić information content (AvgIpc) is 2.44. The first-order valence-corrected chi connectivity index (χ1v) is 9.04. The third-order valence-corrected chi connectivity index (χ3v) is 2.76. The molecule has 0 bridgehead atoms. The highest BCUT2D eigenvalue weighted by Crippen LogP contribution is 2.09. The number of rotatable bonds is 8. The standard InChI is InChI=1S/C11H22O.C6H12O2.C3H7/c1-9(2)5-7-11(12)8-6-10(3)4;1-4-8-6(7)5(2)3;1-3-2/h9-10H,5-8H2,1-4H3;5H,4H2,1-3H3;3H,1-2H3. The third kappa shape index (κ3) is 29.7. The SMILES string of the molecule is CC(C)CCC(=O)CCC(C)C.CCOC(=O)C(C)C.C[CH]C. The van der Waals surface area contributed by atoms with Gasteiger partial charge in [-0.1, -0.05) is 55.4 Å². The second kappa shape index (κ2) is 19.2. The van der Waals surface area contributed by atoms with Gasteiger partial charge in [0.15, 0.2) is 0 Å². The highest BCUT2D eigenvalue weighted by Gasteiger charge is 2.05. The molecule has 0 aromatic rings. The summed E-state index contributed by atoms with van der Waals surface area (Å²) in [5, 5.41) is 0. The van der Waals surface area contributed by atoms with Crippen LogP contribution in [-0.2, 0) is 14.3 Å². The van der Waals surface area contributed by atoms with E-state index in [1.807, 2.05) is 34.1 Å². The molecule has 3 nitrogen and oxygen atoms in total. The zero-order valence-electron chi connectivity index (χ0n) is 17.1. The number of esters is 1. The van der Waals surface area contributed by atoms with E-state index in [-0.39, 0.29) is 11.9 Å². The Labute approximate surface area is 145 Å². The van der Waals surface area contributed by atoms with Crippen LogP contribution in [0, 0.1) is 24.2 Å². The Morgan fingerprint density at radius 2 is 1.22 bits per heavy atom. The van der Waals surface area contributed by atoms with E-state index in [1.165, 1.54) is 0 Å². The van der Waals surface area contributed by atoms with Crippen LogP contribution in [0.2, 0.25) is 0 Å². The average molecular weight is 330 g/mol. The van der Waals surface area contributed by atoms with Crippen molar-refractivity contribution in [2.24, 2.45) is 17.8 Å². The first-order valence-electron chi connectivity index (χ1n) is 9.04. The molecule has 0 spiro atoms. The third-order valence-electron chi connectivity index (χ3n) is 2.76. The quantitative estimate of drug-likeness (QED) is 0.523. The second-order valence-corrected chi connectivity index (χ2v) is 6.89. The first-order chi connectivity index (χ1) is 10.6. The van der Waals surface area contributed by atoms with Gasteiger partial charge in [0, 0.05) is 12.8 Å². The van der Waals surface area contributed by atoms with Crippen molar-refractivity contribution in [2.45, 2.75) is 88.0 Å². The van der Waals surface area contributed by atoms with Gasteiger partial charge in [0.2, 0.25) is 0 Å². The number of Topliss-reactive ketones (excluding diaryl/α,β-unsaturated/α-hetero) is 1. The molecule has 0 saturated heterocycles. The molecule has 0 N–H and O–H groups in total. The molecule has 0 aromatic heterocycles. The Morgan fingerprint density at radius 1 is 0.870 bits per heavy atom. The van der Waals surface area contributed by atoms with Gasteiger partial charge in [-0.3, -0.25) is 9.59 Å². The van der Waals surface area contributed by atoms with E-state index in [4.69, 9.17) is 0 Å². The molecule has 0 unspecified atom stereocenters. The lowest BCUT2D eigenvalue weighted by Crippen LogP contribution is -2.10. The Hall–Kier alpha value is -0.860. The molecule has 3 heteroatoms. The van der Waals surface area contributed by atoms with Gasteiger partial charge in [-0.15, -0.1) is 0 Å². The molecule has 23 heavy (non-hydrogen) atoms. The minimum absolute atomic E-state index is 0.00921. The Balaban J connectivity index is -0.000000313. The van der Waals surface area contributed by atoms with Gasteiger partial charge < -0.3 is 4.74 Å². The molecule has 0 atom stereocenters. The van der Waals surface area contributed by atoms with Gasteiger partial charge in [0.1, 0.15) is 5.78 Å². The van der Waals surface area contributed by atoms with E-state index in [2.05, 4.69) is 32.4 Å². The van der Waals surface area contributed by atoms with E-state index >= 15 is 0 Å². The van der Waals surface area contributed by atoms with Crippen LogP contribution in [0.25, 0.3) is 0 Å². The Morgan fingerprint density at radius 3 is 1.39 bits per heavy atom. The molecule has 0 rings (SSSR count). The van der Waals surface area contributed by atoms with Gasteiger partial charge in [0.05, 0.1) is 12.5 Å². The van der Waals surface area contributed by atoms with Crippen LogP contribution in [-0.4, -0.2) is 18.4 Å². The summed E-state index contributed by atoms with van der Waals surface area (Å²) in [6.07, 6.45) is 5.67. The van der Waals surface area contributed by atoms with Crippen LogP contribution in [0.4, 0.5) is 0 Å². The minimum atomic E-state index is -0.118. The van der Waals surface area contributed by atoms with Crippen LogP contribution in [0.1, 0.15) is 88.0 Å². The minimum Gasteiger partial charge on any atom is -0.466 e. The van der Waals surface area contributed by atoms with Crippen molar-refractivity contribution in [3.05, 3.63) is 6.42 Å².